The highest BCUT2D eigenvalue weighted by atomic mass is 79.9. The number of aromatic amines is 1. The highest BCUT2D eigenvalue weighted by molar-refractivity contribution is 9.11. The molecule has 26 heavy (non-hydrogen) atoms. The number of benzene rings is 1. The Morgan fingerprint density at radius 2 is 2.31 bits per heavy atom. The number of phenolic OH excluding ortho intramolecular Hbond substituents is 1. The van der Waals surface area contributed by atoms with Gasteiger partial charge in [-0.1, -0.05) is 6.07 Å². The molecule has 0 bridgehead atoms. The predicted molar refractivity (Wildman–Crippen MR) is 104 cm³/mol. The van der Waals surface area contributed by atoms with E-state index in [4.69, 9.17) is 4.74 Å². The lowest BCUT2D eigenvalue weighted by atomic mass is 10.2. The lowest BCUT2D eigenvalue weighted by molar-refractivity contribution is 0.0950. The number of nitrogens with zero attached hydrogens (tertiary/aromatic N) is 2. The van der Waals surface area contributed by atoms with E-state index in [1.807, 2.05) is 19.1 Å². The summed E-state index contributed by atoms with van der Waals surface area (Å²) in [5.74, 6) is -0.126. The topological polar surface area (TPSA) is 99.6 Å². The summed E-state index contributed by atoms with van der Waals surface area (Å²) in [4.78, 5) is 13.1. The van der Waals surface area contributed by atoms with E-state index >= 15 is 0 Å². The maximum atomic E-state index is 12.1. The van der Waals surface area contributed by atoms with Crippen LogP contribution in [0.15, 0.2) is 45.3 Å². The Bertz CT molecular complexity index is 951. The third-order valence-electron chi connectivity index (χ3n) is 3.35. The number of para-hydroxylation sites is 1. The van der Waals surface area contributed by atoms with Crippen molar-refractivity contribution in [2.45, 2.75) is 6.92 Å². The summed E-state index contributed by atoms with van der Waals surface area (Å²) in [6.45, 7) is 2.26. The van der Waals surface area contributed by atoms with Crippen LogP contribution >= 0.6 is 27.3 Å². The molecule has 2 aromatic heterocycles. The number of phenols is 1. The Morgan fingerprint density at radius 1 is 1.46 bits per heavy atom. The molecule has 0 radical (unpaired) electrons. The molecule has 134 valence electrons. The lowest BCUT2D eigenvalue weighted by Gasteiger charge is -2.06. The molecular weight excluding hydrogens is 420 g/mol. The fourth-order valence-corrected chi connectivity index (χ4v) is 3.51. The molecule has 0 saturated carbocycles. The number of aromatic nitrogens is 2. The third-order valence-corrected chi connectivity index (χ3v) is 5.01. The molecule has 0 atom stereocenters. The molecule has 3 N–H and O–H groups in total. The zero-order chi connectivity index (χ0) is 18.5. The largest absolute Gasteiger partial charge is 0.504 e. The first kappa shape index (κ1) is 18.2. The number of carbonyl (C=O) groups excluding carboxylic acids is 1. The number of rotatable bonds is 6. The van der Waals surface area contributed by atoms with E-state index < -0.39 is 5.91 Å². The standard InChI is InChI=1S/C17H15BrN4O3S/c1-2-25-13-5-3-4-10(16(13)23)9-19-22-17(24)12-8-11(20-21-12)14-6-7-15(18)26-14/h3-9,23H,2H2,1H3,(H,20,21)(H,22,24)/b19-9+. The molecule has 1 amide bonds. The molecule has 0 aliphatic carbocycles. The van der Waals surface area contributed by atoms with Gasteiger partial charge in [0.2, 0.25) is 0 Å². The first-order valence-corrected chi connectivity index (χ1v) is 9.28. The van der Waals surface area contributed by atoms with Crippen molar-refractivity contribution in [3.8, 4) is 22.1 Å². The summed E-state index contributed by atoms with van der Waals surface area (Å²) in [7, 11) is 0. The van der Waals surface area contributed by atoms with Crippen LogP contribution in [0.25, 0.3) is 10.6 Å². The lowest BCUT2D eigenvalue weighted by Crippen LogP contribution is -2.18. The maximum Gasteiger partial charge on any atom is 0.291 e. The SMILES string of the molecule is CCOc1cccc(/C=N/NC(=O)c2cc(-c3ccc(Br)s3)[nH]n2)c1O. The monoisotopic (exact) mass is 434 g/mol. The van der Waals surface area contributed by atoms with Gasteiger partial charge >= 0.3 is 0 Å². The summed E-state index contributed by atoms with van der Waals surface area (Å²) in [6.07, 6.45) is 1.35. The maximum absolute atomic E-state index is 12.1. The number of thiophene rings is 1. The fraction of sp³-hybridized carbons (Fsp3) is 0.118. The van der Waals surface area contributed by atoms with Gasteiger partial charge in [0.1, 0.15) is 0 Å². The normalized spacial score (nSPS) is 11.0. The van der Waals surface area contributed by atoms with E-state index in [0.717, 1.165) is 14.4 Å². The summed E-state index contributed by atoms with van der Waals surface area (Å²) in [5.41, 5.74) is 3.78. The molecule has 9 heteroatoms. The van der Waals surface area contributed by atoms with Crippen LogP contribution in [0.3, 0.4) is 0 Å². The number of hydrogen-bond donors (Lipinski definition) is 3. The van der Waals surface area contributed by atoms with Crippen molar-refractivity contribution in [1.29, 1.82) is 0 Å². The van der Waals surface area contributed by atoms with E-state index in [0.29, 0.717) is 17.9 Å². The molecule has 7 nitrogen and oxygen atoms in total. The fourth-order valence-electron chi connectivity index (χ4n) is 2.16. The predicted octanol–water partition coefficient (Wildman–Crippen LogP) is 3.77. The number of H-pyrrole nitrogens is 1. The molecule has 0 aliphatic rings. The third kappa shape index (κ3) is 4.12. The van der Waals surface area contributed by atoms with Crippen molar-refractivity contribution in [2.24, 2.45) is 5.10 Å². The summed E-state index contributed by atoms with van der Waals surface area (Å²) in [5, 5.41) is 20.8. The van der Waals surface area contributed by atoms with Crippen molar-refractivity contribution >= 4 is 39.4 Å². The highest BCUT2D eigenvalue weighted by Gasteiger charge is 2.12. The summed E-state index contributed by atoms with van der Waals surface area (Å²) < 4.78 is 6.30. The quantitative estimate of drug-likeness (QED) is 0.406. The van der Waals surface area contributed by atoms with Crippen molar-refractivity contribution in [2.75, 3.05) is 6.61 Å². The van der Waals surface area contributed by atoms with Gasteiger partial charge in [-0.05, 0) is 53.2 Å². The van der Waals surface area contributed by atoms with Gasteiger partial charge in [-0.2, -0.15) is 10.2 Å². The smallest absolute Gasteiger partial charge is 0.291 e. The molecule has 1 aromatic carbocycles. The van der Waals surface area contributed by atoms with E-state index in [1.165, 1.54) is 17.6 Å². The van der Waals surface area contributed by atoms with Crippen LogP contribution in [0, 0.1) is 0 Å². The van der Waals surface area contributed by atoms with Gasteiger partial charge in [0, 0.05) is 5.56 Å². The van der Waals surface area contributed by atoms with Crippen LogP contribution < -0.4 is 10.2 Å². The Hall–Kier alpha value is -2.65. The minimum atomic E-state index is -0.458. The molecule has 0 aliphatic heterocycles. The van der Waals surface area contributed by atoms with Gasteiger partial charge in [-0.15, -0.1) is 11.3 Å². The van der Waals surface area contributed by atoms with Crippen molar-refractivity contribution in [3.05, 3.63) is 51.4 Å². The number of carbonyl (C=O) groups is 1. The second kappa shape index (κ2) is 8.15. The number of hydrazone groups is 1. The summed E-state index contributed by atoms with van der Waals surface area (Å²) >= 11 is 4.93. The van der Waals surface area contributed by atoms with Crippen LogP contribution in [-0.4, -0.2) is 34.0 Å². The van der Waals surface area contributed by atoms with Crippen LogP contribution in [-0.2, 0) is 0 Å². The van der Waals surface area contributed by atoms with E-state index in [1.54, 1.807) is 24.3 Å². The van der Waals surface area contributed by atoms with Crippen molar-refractivity contribution in [1.82, 2.24) is 15.6 Å². The molecule has 3 rings (SSSR count). The molecule has 2 heterocycles. The van der Waals surface area contributed by atoms with Gasteiger partial charge in [0.25, 0.3) is 5.91 Å². The first-order chi connectivity index (χ1) is 12.6. The Morgan fingerprint density at radius 3 is 3.04 bits per heavy atom. The van der Waals surface area contributed by atoms with Gasteiger partial charge in [-0.25, -0.2) is 5.43 Å². The minimum Gasteiger partial charge on any atom is -0.504 e. The molecule has 3 aromatic rings. The van der Waals surface area contributed by atoms with Gasteiger partial charge in [0.05, 0.1) is 27.2 Å². The number of nitrogens with one attached hydrogen (secondary N) is 2. The van der Waals surface area contributed by atoms with E-state index in [-0.39, 0.29) is 11.4 Å². The van der Waals surface area contributed by atoms with Crippen LogP contribution in [0.4, 0.5) is 0 Å². The van der Waals surface area contributed by atoms with E-state index in [2.05, 4.69) is 36.7 Å². The average Bonchev–Trinajstić information content (AvgIpc) is 3.27. The van der Waals surface area contributed by atoms with Crippen LogP contribution in [0.2, 0.25) is 0 Å². The highest BCUT2D eigenvalue weighted by Crippen LogP contribution is 2.30. The summed E-state index contributed by atoms with van der Waals surface area (Å²) in [6, 6.07) is 10.5. The van der Waals surface area contributed by atoms with Gasteiger partial charge in [-0.3, -0.25) is 9.89 Å². The zero-order valence-corrected chi connectivity index (χ0v) is 16.1. The first-order valence-electron chi connectivity index (χ1n) is 7.67. The Kier molecular flexibility index (Phi) is 5.69. The van der Waals surface area contributed by atoms with Crippen LogP contribution in [0.1, 0.15) is 23.0 Å². The van der Waals surface area contributed by atoms with Gasteiger partial charge in [0.15, 0.2) is 17.2 Å². The Labute approximate surface area is 161 Å². The van der Waals surface area contributed by atoms with Crippen molar-refractivity contribution in [3.63, 3.8) is 0 Å². The zero-order valence-electron chi connectivity index (χ0n) is 13.7. The molecule has 0 fully saturated rings. The number of halogens is 1. The number of ether oxygens (including phenoxy) is 1. The van der Waals surface area contributed by atoms with Crippen LogP contribution in [0.5, 0.6) is 11.5 Å². The van der Waals surface area contributed by atoms with Gasteiger partial charge < -0.3 is 9.84 Å². The second-order valence-corrected chi connectivity index (χ2v) is 7.56. The van der Waals surface area contributed by atoms with Crippen molar-refractivity contribution < 1.29 is 14.6 Å². The Balaban J connectivity index is 1.67. The number of aromatic hydroxyl groups is 1. The number of amides is 1. The molecular formula is C17H15BrN4O3S. The second-order valence-electron chi connectivity index (χ2n) is 5.10. The minimum absolute atomic E-state index is 0.0299. The molecule has 0 spiro atoms. The molecule has 0 saturated heterocycles. The molecule has 0 unspecified atom stereocenters. The van der Waals surface area contributed by atoms with E-state index in [9.17, 15) is 9.90 Å². The average molecular weight is 435 g/mol. The number of hydrogen-bond acceptors (Lipinski definition) is 6.